The van der Waals surface area contributed by atoms with Crippen molar-refractivity contribution >= 4 is 0 Å². The number of hydrogen-bond donors (Lipinski definition) is 1. The van der Waals surface area contributed by atoms with Crippen LogP contribution in [0.15, 0.2) is 24.3 Å². The Balaban J connectivity index is 2.08. The molecule has 2 heteroatoms. The first-order valence-corrected chi connectivity index (χ1v) is 7.77. The predicted molar refractivity (Wildman–Crippen MR) is 78.9 cm³/mol. The zero-order chi connectivity index (χ0) is 13.5. The first kappa shape index (κ1) is 14.5. The Labute approximate surface area is 116 Å². The van der Waals surface area contributed by atoms with Crippen molar-refractivity contribution in [2.75, 3.05) is 13.1 Å². The third-order valence-corrected chi connectivity index (χ3v) is 4.29. The Morgan fingerprint density at radius 1 is 1.26 bits per heavy atom. The lowest BCUT2D eigenvalue weighted by atomic mass is 9.76. The zero-order valence-electron chi connectivity index (χ0n) is 12.0. The Bertz CT molecular complexity index is 371. The highest BCUT2D eigenvalue weighted by Crippen LogP contribution is 2.35. The van der Waals surface area contributed by atoms with Gasteiger partial charge in [0.1, 0.15) is 5.82 Å². The van der Waals surface area contributed by atoms with Gasteiger partial charge in [-0.2, -0.15) is 0 Å². The molecule has 0 aliphatic heterocycles. The summed E-state index contributed by atoms with van der Waals surface area (Å²) < 4.78 is 13.5. The van der Waals surface area contributed by atoms with E-state index < -0.39 is 0 Å². The lowest BCUT2D eigenvalue weighted by Gasteiger charge is -2.31. The van der Waals surface area contributed by atoms with E-state index in [4.69, 9.17) is 0 Å². The molecule has 1 N–H and O–H groups in total. The SMILES string of the molecule is CCCNCC(c1cccc(F)c1)C1CCCCC1. The molecule has 1 nitrogen and oxygen atoms in total. The van der Waals surface area contributed by atoms with E-state index in [9.17, 15) is 4.39 Å². The van der Waals surface area contributed by atoms with Gasteiger partial charge in [-0.15, -0.1) is 0 Å². The van der Waals surface area contributed by atoms with Crippen LogP contribution in [-0.4, -0.2) is 13.1 Å². The van der Waals surface area contributed by atoms with E-state index in [1.54, 1.807) is 12.1 Å². The van der Waals surface area contributed by atoms with E-state index in [2.05, 4.69) is 18.3 Å². The van der Waals surface area contributed by atoms with Crippen molar-refractivity contribution < 1.29 is 4.39 Å². The summed E-state index contributed by atoms with van der Waals surface area (Å²) in [4.78, 5) is 0. The van der Waals surface area contributed by atoms with Crippen molar-refractivity contribution in [2.45, 2.75) is 51.4 Å². The van der Waals surface area contributed by atoms with Gasteiger partial charge in [-0.25, -0.2) is 4.39 Å². The number of nitrogens with one attached hydrogen (secondary N) is 1. The molecule has 1 saturated carbocycles. The van der Waals surface area contributed by atoms with Crippen molar-refractivity contribution in [1.29, 1.82) is 0 Å². The standard InChI is InChI=1S/C17H26FN/c1-2-11-19-13-17(14-7-4-3-5-8-14)15-9-6-10-16(18)12-15/h6,9-10,12,14,17,19H,2-5,7-8,11,13H2,1H3. The minimum absolute atomic E-state index is 0.103. The summed E-state index contributed by atoms with van der Waals surface area (Å²) in [5.41, 5.74) is 1.18. The van der Waals surface area contributed by atoms with Crippen LogP contribution in [0, 0.1) is 11.7 Å². The van der Waals surface area contributed by atoms with Gasteiger partial charge in [0.2, 0.25) is 0 Å². The number of hydrogen-bond acceptors (Lipinski definition) is 1. The first-order chi connectivity index (χ1) is 9.31. The topological polar surface area (TPSA) is 12.0 Å². The van der Waals surface area contributed by atoms with Gasteiger partial charge in [-0.1, -0.05) is 38.3 Å². The number of halogens is 1. The van der Waals surface area contributed by atoms with Crippen LogP contribution in [0.25, 0.3) is 0 Å². The van der Waals surface area contributed by atoms with Gasteiger partial charge >= 0.3 is 0 Å². The summed E-state index contributed by atoms with van der Waals surface area (Å²) in [7, 11) is 0. The normalized spacial score (nSPS) is 18.4. The molecular formula is C17H26FN. The van der Waals surface area contributed by atoms with Gasteiger partial charge in [0.05, 0.1) is 0 Å². The van der Waals surface area contributed by atoms with Crippen LogP contribution in [0.4, 0.5) is 4.39 Å². The highest BCUT2D eigenvalue weighted by atomic mass is 19.1. The van der Waals surface area contributed by atoms with Gasteiger partial charge in [0.15, 0.2) is 0 Å². The van der Waals surface area contributed by atoms with Gasteiger partial charge in [-0.3, -0.25) is 0 Å². The highest BCUT2D eigenvalue weighted by Gasteiger charge is 2.24. The molecule has 1 aromatic carbocycles. The number of rotatable bonds is 6. The molecule has 2 rings (SSSR count). The Morgan fingerprint density at radius 3 is 2.74 bits per heavy atom. The van der Waals surface area contributed by atoms with E-state index >= 15 is 0 Å². The molecule has 1 fully saturated rings. The van der Waals surface area contributed by atoms with Crippen LogP contribution < -0.4 is 5.32 Å². The summed E-state index contributed by atoms with van der Waals surface area (Å²) in [5.74, 6) is 1.09. The summed E-state index contributed by atoms with van der Waals surface area (Å²) in [6.45, 7) is 4.23. The van der Waals surface area contributed by atoms with Crippen LogP contribution in [0.1, 0.15) is 56.9 Å². The second kappa shape index (κ2) is 7.64. The maximum Gasteiger partial charge on any atom is 0.123 e. The quantitative estimate of drug-likeness (QED) is 0.746. The average molecular weight is 263 g/mol. The third-order valence-electron chi connectivity index (χ3n) is 4.29. The molecule has 1 aliphatic carbocycles. The maximum atomic E-state index is 13.5. The smallest absolute Gasteiger partial charge is 0.123 e. The number of benzene rings is 1. The van der Waals surface area contributed by atoms with E-state index in [-0.39, 0.29) is 5.82 Å². The van der Waals surface area contributed by atoms with Gasteiger partial charge in [-0.05, 0) is 55.3 Å². The molecule has 106 valence electrons. The van der Waals surface area contributed by atoms with Crippen molar-refractivity contribution in [1.82, 2.24) is 5.32 Å². The molecule has 0 saturated heterocycles. The molecule has 1 atom stereocenters. The fraction of sp³-hybridized carbons (Fsp3) is 0.647. The molecule has 1 unspecified atom stereocenters. The fourth-order valence-electron chi connectivity index (χ4n) is 3.26. The predicted octanol–water partition coefficient (Wildman–Crippen LogP) is 4.49. The highest BCUT2D eigenvalue weighted by molar-refractivity contribution is 5.22. The summed E-state index contributed by atoms with van der Waals surface area (Å²) in [6, 6.07) is 7.21. The lowest BCUT2D eigenvalue weighted by molar-refractivity contribution is 0.296. The minimum Gasteiger partial charge on any atom is -0.316 e. The molecule has 0 heterocycles. The molecule has 0 radical (unpaired) electrons. The van der Waals surface area contributed by atoms with Crippen LogP contribution in [0.5, 0.6) is 0 Å². The molecule has 0 bridgehead atoms. The molecule has 0 amide bonds. The van der Waals surface area contributed by atoms with E-state index in [0.29, 0.717) is 5.92 Å². The Hall–Kier alpha value is -0.890. The van der Waals surface area contributed by atoms with Gasteiger partial charge in [0, 0.05) is 6.54 Å². The monoisotopic (exact) mass is 263 g/mol. The summed E-state index contributed by atoms with van der Waals surface area (Å²) in [6.07, 6.45) is 7.80. The molecule has 0 spiro atoms. The third kappa shape index (κ3) is 4.31. The maximum absolute atomic E-state index is 13.5. The second-order valence-corrected chi connectivity index (χ2v) is 5.76. The van der Waals surface area contributed by atoms with E-state index in [1.807, 2.05) is 6.07 Å². The molecule has 1 aliphatic rings. The summed E-state index contributed by atoms with van der Waals surface area (Å²) >= 11 is 0. The summed E-state index contributed by atoms with van der Waals surface area (Å²) in [5, 5.41) is 3.53. The Morgan fingerprint density at radius 2 is 2.05 bits per heavy atom. The molecular weight excluding hydrogens is 237 g/mol. The van der Waals surface area contributed by atoms with Crippen molar-refractivity contribution in [3.8, 4) is 0 Å². The lowest BCUT2D eigenvalue weighted by Crippen LogP contribution is -2.28. The van der Waals surface area contributed by atoms with Crippen LogP contribution >= 0.6 is 0 Å². The minimum atomic E-state index is -0.103. The van der Waals surface area contributed by atoms with E-state index in [1.165, 1.54) is 37.7 Å². The molecule has 0 aromatic heterocycles. The zero-order valence-corrected chi connectivity index (χ0v) is 12.0. The average Bonchev–Trinajstić information content (AvgIpc) is 2.45. The largest absolute Gasteiger partial charge is 0.316 e. The van der Waals surface area contributed by atoms with Crippen molar-refractivity contribution in [2.24, 2.45) is 5.92 Å². The molecule has 1 aromatic rings. The van der Waals surface area contributed by atoms with Gasteiger partial charge in [0.25, 0.3) is 0 Å². The second-order valence-electron chi connectivity index (χ2n) is 5.76. The van der Waals surface area contributed by atoms with E-state index in [0.717, 1.165) is 25.4 Å². The van der Waals surface area contributed by atoms with Crippen LogP contribution in [-0.2, 0) is 0 Å². The van der Waals surface area contributed by atoms with Crippen molar-refractivity contribution in [3.63, 3.8) is 0 Å². The Kier molecular flexibility index (Phi) is 5.84. The fourth-order valence-corrected chi connectivity index (χ4v) is 3.26. The van der Waals surface area contributed by atoms with Crippen LogP contribution in [0.2, 0.25) is 0 Å². The van der Waals surface area contributed by atoms with Gasteiger partial charge < -0.3 is 5.32 Å². The van der Waals surface area contributed by atoms with Crippen LogP contribution in [0.3, 0.4) is 0 Å². The van der Waals surface area contributed by atoms with Crippen molar-refractivity contribution in [3.05, 3.63) is 35.6 Å². The molecule has 19 heavy (non-hydrogen) atoms. The first-order valence-electron chi connectivity index (χ1n) is 7.77.